The van der Waals surface area contributed by atoms with Crippen molar-refractivity contribution in [2.24, 2.45) is 0 Å². The first-order valence-electron chi connectivity index (χ1n) is 26.2. The summed E-state index contributed by atoms with van der Waals surface area (Å²) >= 11 is 0. The summed E-state index contributed by atoms with van der Waals surface area (Å²) in [5.41, 5.74) is 0. The maximum atomic E-state index is 12.9. The Morgan fingerprint density at radius 1 is 0.561 bits per heavy atom. The highest BCUT2D eigenvalue weighted by Gasteiger charge is 2.44. The van der Waals surface area contributed by atoms with Gasteiger partial charge in [-0.1, -0.05) is 170 Å². The third-order valence-electron chi connectivity index (χ3n) is 11.8. The molecule has 0 saturated carbocycles. The number of carbonyl (C=O) groups is 2. The van der Waals surface area contributed by atoms with Gasteiger partial charge in [-0.2, -0.15) is 0 Å². The summed E-state index contributed by atoms with van der Waals surface area (Å²) in [6.45, 7) is 4.13. The van der Waals surface area contributed by atoms with Gasteiger partial charge in [-0.15, -0.1) is 0 Å². The van der Waals surface area contributed by atoms with Crippen molar-refractivity contribution in [2.75, 3.05) is 19.8 Å². The summed E-state index contributed by atoms with van der Waals surface area (Å²) < 4.78 is 16.6. The van der Waals surface area contributed by atoms with Crippen molar-refractivity contribution < 1.29 is 49.3 Å². The summed E-state index contributed by atoms with van der Waals surface area (Å²) in [6.07, 6.45) is 47.1. The number of aliphatic hydroxyl groups is 5. The smallest absolute Gasteiger partial charge is 0.305 e. The molecule has 0 bridgehead atoms. The summed E-state index contributed by atoms with van der Waals surface area (Å²) in [7, 11) is 0. The number of ether oxygens (including phenoxy) is 3. The first kappa shape index (κ1) is 61.1. The van der Waals surface area contributed by atoms with Crippen LogP contribution in [0, 0.1) is 0 Å². The fourth-order valence-electron chi connectivity index (χ4n) is 7.51. The van der Waals surface area contributed by atoms with Gasteiger partial charge in [0.1, 0.15) is 24.4 Å². The second-order valence-corrected chi connectivity index (χ2v) is 17.8. The molecule has 7 atom stereocenters. The minimum atomic E-state index is -1.59. The highest BCUT2D eigenvalue weighted by atomic mass is 16.7. The van der Waals surface area contributed by atoms with Gasteiger partial charge in [-0.3, -0.25) is 9.59 Å². The van der Waals surface area contributed by atoms with Crippen LogP contribution in [0.2, 0.25) is 0 Å². The Hall–Kier alpha value is -2.90. The second-order valence-electron chi connectivity index (χ2n) is 17.8. The van der Waals surface area contributed by atoms with Crippen molar-refractivity contribution in [3.63, 3.8) is 0 Å². The molecule has 6 N–H and O–H groups in total. The van der Waals surface area contributed by atoms with Crippen molar-refractivity contribution >= 4 is 11.9 Å². The van der Waals surface area contributed by atoms with Gasteiger partial charge in [0.25, 0.3) is 0 Å². The number of allylic oxidation sites excluding steroid dienone is 11. The summed E-state index contributed by atoms with van der Waals surface area (Å²) in [5, 5.41) is 54.1. The average Bonchev–Trinajstić information content (AvgIpc) is 3.31. The van der Waals surface area contributed by atoms with E-state index in [0.717, 1.165) is 83.5 Å². The lowest BCUT2D eigenvalue weighted by Crippen LogP contribution is -2.60. The molecular weight excluding hydrogens is 835 g/mol. The van der Waals surface area contributed by atoms with Crippen LogP contribution in [-0.4, -0.2) is 100 Å². The van der Waals surface area contributed by atoms with Gasteiger partial charge in [0.15, 0.2) is 6.29 Å². The number of esters is 1. The predicted molar refractivity (Wildman–Crippen MR) is 269 cm³/mol. The van der Waals surface area contributed by atoms with Crippen LogP contribution in [0.3, 0.4) is 0 Å². The van der Waals surface area contributed by atoms with E-state index in [1.807, 2.05) is 18.2 Å². The number of unbranched alkanes of at least 4 members (excludes halogenated alkanes) is 19. The first-order chi connectivity index (χ1) is 32.2. The molecule has 7 unspecified atom stereocenters. The molecule has 0 aromatic carbocycles. The van der Waals surface area contributed by atoms with Crippen molar-refractivity contribution in [1.29, 1.82) is 0 Å². The zero-order chi connectivity index (χ0) is 48.1. The quantitative estimate of drug-likeness (QED) is 0.0196. The summed E-state index contributed by atoms with van der Waals surface area (Å²) in [5.74, 6) is -0.334. The van der Waals surface area contributed by atoms with Gasteiger partial charge in [0.2, 0.25) is 5.91 Å². The van der Waals surface area contributed by atoms with Crippen molar-refractivity contribution in [2.45, 2.75) is 243 Å². The molecule has 0 spiro atoms. The van der Waals surface area contributed by atoms with Gasteiger partial charge in [-0.25, -0.2) is 0 Å². The molecule has 380 valence electrons. The lowest BCUT2D eigenvalue weighted by Gasteiger charge is -2.40. The van der Waals surface area contributed by atoms with E-state index in [-0.39, 0.29) is 24.9 Å². The van der Waals surface area contributed by atoms with Crippen molar-refractivity contribution in [3.05, 3.63) is 72.9 Å². The molecule has 0 aromatic heterocycles. The molecule has 1 heterocycles. The van der Waals surface area contributed by atoms with Gasteiger partial charge < -0.3 is 45.1 Å². The molecule has 1 fully saturated rings. The minimum absolute atomic E-state index is 0.0566. The highest BCUT2D eigenvalue weighted by Crippen LogP contribution is 2.22. The Morgan fingerprint density at radius 2 is 1.06 bits per heavy atom. The van der Waals surface area contributed by atoms with E-state index in [1.54, 1.807) is 6.08 Å². The minimum Gasteiger partial charge on any atom is -0.466 e. The zero-order valence-electron chi connectivity index (χ0n) is 41.4. The number of carbonyl (C=O) groups excluding carboxylic acids is 2. The number of rotatable bonds is 43. The van der Waals surface area contributed by atoms with E-state index in [2.05, 4.69) is 67.8 Å². The molecule has 1 amide bonds. The molecule has 0 aromatic rings. The Labute approximate surface area is 400 Å². The molecule has 1 saturated heterocycles. The van der Waals surface area contributed by atoms with Crippen LogP contribution in [0.15, 0.2) is 72.9 Å². The molecule has 0 aliphatic carbocycles. The van der Waals surface area contributed by atoms with Gasteiger partial charge >= 0.3 is 5.97 Å². The van der Waals surface area contributed by atoms with Crippen molar-refractivity contribution in [3.8, 4) is 0 Å². The topological polar surface area (TPSA) is 175 Å². The normalized spacial score (nSPS) is 20.3. The molecule has 1 aliphatic rings. The van der Waals surface area contributed by atoms with Crippen LogP contribution in [0.4, 0.5) is 0 Å². The van der Waals surface area contributed by atoms with E-state index in [4.69, 9.17) is 14.2 Å². The third-order valence-corrected chi connectivity index (χ3v) is 11.8. The maximum Gasteiger partial charge on any atom is 0.305 e. The highest BCUT2D eigenvalue weighted by molar-refractivity contribution is 5.76. The molecule has 1 rings (SSSR count). The number of nitrogens with one attached hydrogen (secondary N) is 1. The van der Waals surface area contributed by atoms with Gasteiger partial charge in [-0.05, 0) is 89.9 Å². The van der Waals surface area contributed by atoms with Crippen LogP contribution in [0.25, 0.3) is 0 Å². The first-order valence-corrected chi connectivity index (χ1v) is 26.2. The summed E-state index contributed by atoms with van der Waals surface area (Å²) in [4.78, 5) is 25.0. The third kappa shape index (κ3) is 34.4. The van der Waals surface area contributed by atoms with Crippen LogP contribution in [0.1, 0.15) is 200 Å². The standard InChI is InChI=1S/C55H95NO10/c1-3-5-7-9-11-13-15-16-19-23-27-31-35-39-43-51(60)64-44-40-36-32-28-24-20-17-18-22-26-30-34-38-42-50(59)56-47(46-65-55-54(63)53(62)52(61)49(45-57)66-55)48(58)41-37-33-29-25-21-14-12-10-8-6-4-2/h9,11,15-16,18,21-22,25,30,34,37,41,47-49,52-55,57-58,61-63H,3-8,10,12-14,17,19-20,23-24,26-29,31-33,35-36,38-40,42-46H2,1-2H3,(H,56,59)/b11-9-,16-15-,22-18-,25-21+,34-30-,41-37+. The fraction of sp³-hybridized carbons (Fsp3) is 0.745. The van der Waals surface area contributed by atoms with Gasteiger partial charge in [0.05, 0.1) is 32.0 Å². The van der Waals surface area contributed by atoms with Crippen molar-refractivity contribution in [1.82, 2.24) is 5.32 Å². The van der Waals surface area contributed by atoms with Gasteiger partial charge in [0, 0.05) is 12.8 Å². The number of hydrogen-bond donors (Lipinski definition) is 6. The lowest BCUT2D eigenvalue weighted by atomic mass is 9.99. The SMILES string of the molecule is CCCC/C=C\C/C=C\CCCCCCCC(=O)OCCCCCCCC/C=C\C/C=C\CCC(=O)NC(COC1OC(CO)C(O)C(O)C1O)C(O)/C=C/CC/C=C/CCCCCCC. The molecule has 0 radical (unpaired) electrons. The Bertz CT molecular complexity index is 1330. The maximum absolute atomic E-state index is 12.9. The number of hydrogen-bond acceptors (Lipinski definition) is 10. The summed E-state index contributed by atoms with van der Waals surface area (Å²) in [6, 6.07) is -0.873. The van der Waals surface area contributed by atoms with E-state index < -0.39 is 49.5 Å². The molecule has 1 aliphatic heterocycles. The molecule has 66 heavy (non-hydrogen) atoms. The molecule has 11 nitrogen and oxygen atoms in total. The monoisotopic (exact) mass is 930 g/mol. The Balaban J connectivity index is 2.22. The van der Waals surface area contributed by atoms with E-state index in [1.165, 1.54) is 83.5 Å². The van der Waals surface area contributed by atoms with E-state index in [0.29, 0.717) is 19.4 Å². The van der Waals surface area contributed by atoms with E-state index in [9.17, 15) is 35.1 Å². The molecular formula is C55H95NO10. The Morgan fingerprint density at radius 3 is 1.67 bits per heavy atom. The average molecular weight is 930 g/mol. The fourth-order valence-corrected chi connectivity index (χ4v) is 7.51. The number of amides is 1. The van der Waals surface area contributed by atoms with E-state index >= 15 is 0 Å². The van der Waals surface area contributed by atoms with Crippen LogP contribution < -0.4 is 5.32 Å². The largest absolute Gasteiger partial charge is 0.466 e. The predicted octanol–water partition coefficient (Wildman–Crippen LogP) is 10.9. The number of aliphatic hydroxyl groups excluding tert-OH is 5. The zero-order valence-corrected chi connectivity index (χ0v) is 41.4. The second kappa shape index (κ2) is 44.6. The van der Waals surface area contributed by atoms with Crippen LogP contribution >= 0.6 is 0 Å². The lowest BCUT2D eigenvalue weighted by molar-refractivity contribution is -0.302. The molecule has 11 heteroatoms. The van der Waals surface area contributed by atoms with Crippen LogP contribution in [0.5, 0.6) is 0 Å². The Kier molecular flexibility index (Phi) is 41.3. The van der Waals surface area contributed by atoms with Crippen LogP contribution in [-0.2, 0) is 23.8 Å².